The summed E-state index contributed by atoms with van der Waals surface area (Å²) in [7, 11) is 0. The van der Waals surface area contributed by atoms with E-state index >= 15 is 0 Å². The first-order valence-electron chi connectivity index (χ1n) is 12.3. The van der Waals surface area contributed by atoms with Crippen molar-refractivity contribution in [1.29, 1.82) is 0 Å². The van der Waals surface area contributed by atoms with Crippen LogP contribution in [0.25, 0.3) is 11.1 Å². The van der Waals surface area contributed by atoms with Gasteiger partial charge in [0, 0.05) is 44.0 Å². The van der Waals surface area contributed by atoms with E-state index in [2.05, 4.69) is 79.7 Å². The van der Waals surface area contributed by atoms with E-state index in [0.717, 1.165) is 69.3 Å². The molecule has 3 heterocycles. The van der Waals surface area contributed by atoms with Gasteiger partial charge in [-0.15, -0.1) is 0 Å². The van der Waals surface area contributed by atoms with Crippen LogP contribution in [-0.2, 0) is 16.8 Å². The number of benzene rings is 1. The molecule has 0 radical (unpaired) electrons. The predicted molar refractivity (Wildman–Crippen MR) is 132 cm³/mol. The highest BCUT2D eigenvalue weighted by molar-refractivity contribution is 5.76. The first kappa shape index (κ1) is 23.0. The third-order valence-corrected chi connectivity index (χ3v) is 7.47. The number of hydrogen-bond acceptors (Lipinski definition) is 3. The number of carbonyl (C=O) groups excluding carboxylic acids is 1. The van der Waals surface area contributed by atoms with Crippen molar-refractivity contribution in [3.63, 3.8) is 0 Å². The number of pyridine rings is 1. The predicted octanol–water partition coefficient (Wildman–Crippen LogP) is 5.50. The number of hydrogen-bond donors (Lipinski definition) is 0. The zero-order valence-electron chi connectivity index (χ0n) is 20.6. The van der Waals surface area contributed by atoms with Crippen LogP contribution in [0.3, 0.4) is 0 Å². The third-order valence-electron chi connectivity index (χ3n) is 7.47. The Balaban J connectivity index is 1.50. The van der Waals surface area contributed by atoms with Crippen molar-refractivity contribution < 1.29 is 4.79 Å². The number of fused-ring (bicyclic) bond motifs is 1. The number of aromatic nitrogens is 1. The normalized spacial score (nSPS) is 19.5. The molecule has 0 bridgehead atoms. The van der Waals surface area contributed by atoms with Gasteiger partial charge in [-0.05, 0) is 91.4 Å². The number of piperidine rings is 1. The molecule has 2 aromatic rings. The fourth-order valence-electron chi connectivity index (χ4n) is 5.32. The topological polar surface area (TPSA) is 36.4 Å². The summed E-state index contributed by atoms with van der Waals surface area (Å²) in [5.41, 5.74) is 7.60. The summed E-state index contributed by atoms with van der Waals surface area (Å²) in [6.07, 6.45) is 4.04. The molecule has 32 heavy (non-hydrogen) atoms. The van der Waals surface area contributed by atoms with E-state index in [-0.39, 0.29) is 5.41 Å². The van der Waals surface area contributed by atoms with Crippen LogP contribution in [0.2, 0.25) is 0 Å². The summed E-state index contributed by atoms with van der Waals surface area (Å²) < 4.78 is 0. The molecule has 1 amide bonds. The quantitative estimate of drug-likeness (QED) is 0.639. The smallest absolute Gasteiger partial charge is 0.223 e. The Morgan fingerprint density at radius 1 is 1.03 bits per heavy atom. The molecular formula is C28H39N3O. The number of carbonyl (C=O) groups is 1. The summed E-state index contributed by atoms with van der Waals surface area (Å²) in [5, 5.41) is 0. The number of aryl methyl sites for hydroxylation is 2. The van der Waals surface area contributed by atoms with Gasteiger partial charge in [-0.3, -0.25) is 14.7 Å². The van der Waals surface area contributed by atoms with Crippen LogP contribution in [-0.4, -0.2) is 46.9 Å². The van der Waals surface area contributed by atoms with E-state index < -0.39 is 0 Å². The lowest BCUT2D eigenvalue weighted by Gasteiger charge is -2.31. The molecule has 4 nitrogen and oxygen atoms in total. The summed E-state index contributed by atoms with van der Waals surface area (Å²) >= 11 is 0. The molecule has 1 aromatic heterocycles. The van der Waals surface area contributed by atoms with Crippen molar-refractivity contribution >= 4 is 5.91 Å². The summed E-state index contributed by atoms with van der Waals surface area (Å²) in [6.45, 7) is 15.8. The number of rotatable bonds is 4. The minimum Gasteiger partial charge on any atom is -0.343 e. The fourth-order valence-corrected chi connectivity index (χ4v) is 5.32. The third kappa shape index (κ3) is 5.23. The maximum absolute atomic E-state index is 12.8. The lowest BCUT2D eigenvalue weighted by Crippen LogP contribution is -2.39. The lowest BCUT2D eigenvalue weighted by molar-refractivity contribution is -0.132. The molecule has 0 unspecified atom stereocenters. The molecule has 0 aliphatic carbocycles. The van der Waals surface area contributed by atoms with Crippen LogP contribution in [0.1, 0.15) is 69.0 Å². The van der Waals surface area contributed by atoms with E-state index in [4.69, 9.17) is 0 Å². The van der Waals surface area contributed by atoms with Crippen molar-refractivity contribution in [2.75, 3.05) is 26.2 Å². The van der Waals surface area contributed by atoms with Crippen molar-refractivity contribution in [3.8, 4) is 11.1 Å². The number of likely N-dealkylation sites (tertiary alicyclic amines) is 1. The Hall–Kier alpha value is -2.20. The van der Waals surface area contributed by atoms with Gasteiger partial charge >= 0.3 is 0 Å². The molecule has 4 rings (SSSR count). The van der Waals surface area contributed by atoms with Gasteiger partial charge in [0.05, 0.1) is 0 Å². The second-order valence-electron chi connectivity index (χ2n) is 10.7. The molecule has 0 spiro atoms. The zero-order chi connectivity index (χ0) is 22.9. The Bertz CT molecular complexity index is 952. The second-order valence-corrected chi connectivity index (χ2v) is 10.7. The molecule has 1 fully saturated rings. The SMILES string of the molecule is Cc1cc(-c2ccc3c(c2)CN(CCC(=O)N2CCC(C)CC2)CCC3(C)C)cc(C)n1. The van der Waals surface area contributed by atoms with E-state index in [9.17, 15) is 4.79 Å². The van der Waals surface area contributed by atoms with Gasteiger partial charge in [-0.25, -0.2) is 0 Å². The van der Waals surface area contributed by atoms with Gasteiger partial charge in [0.15, 0.2) is 0 Å². The van der Waals surface area contributed by atoms with E-state index in [1.165, 1.54) is 22.3 Å². The van der Waals surface area contributed by atoms with Gasteiger partial charge in [0.2, 0.25) is 5.91 Å². The van der Waals surface area contributed by atoms with Crippen molar-refractivity contribution in [1.82, 2.24) is 14.8 Å². The summed E-state index contributed by atoms with van der Waals surface area (Å²) in [4.78, 5) is 21.9. The van der Waals surface area contributed by atoms with Crippen LogP contribution in [0, 0.1) is 19.8 Å². The maximum Gasteiger partial charge on any atom is 0.223 e. The first-order chi connectivity index (χ1) is 15.2. The largest absolute Gasteiger partial charge is 0.343 e. The molecule has 0 atom stereocenters. The van der Waals surface area contributed by atoms with Crippen molar-refractivity contribution in [3.05, 3.63) is 52.8 Å². The summed E-state index contributed by atoms with van der Waals surface area (Å²) in [6, 6.07) is 11.3. The molecule has 0 saturated carbocycles. The molecule has 4 heteroatoms. The zero-order valence-corrected chi connectivity index (χ0v) is 20.6. The Morgan fingerprint density at radius 3 is 2.41 bits per heavy atom. The van der Waals surface area contributed by atoms with E-state index in [0.29, 0.717) is 12.3 Å². The van der Waals surface area contributed by atoms with Crippen LogP contribution >= 0.6 is 0 Å². The highest BCUT2D eigenvalue weighted by Crippen LogP contribution is 2.36. The number of nitrogens with zero attached hydrogens (tertiary/aromatic N) is 3. The van der Waals surface area contributed by atoms with E-state index in [1.54, 1.807) is 0 Å². The highest BCUT2D eigenvalue weighted by atomic mass is 16.2. The van der Waals surface area contributed by atoms with Crippen molar-refractivity contribution in [2.24, 2.45) is 5.92 Å². The molecule has 1 saturated heterocycles. The average Bonchev–Trinajstić information content (AvgIpc) is 2.87. The Kier molecular flexibility index (Phi) is 6.71. The Morgan fingerprint density at radius 2 is 1.72 bits per heavy atom. The van der Waals surface area contributed by atoms with Gasteiger partial charge in [-0.2, -0.15) is 0 Å². The van der Waals surface area contributed by atoms with Crippen molar-refractivity contribution in [2.45, 2.75) is 72.3 Å². The van der Waals surface area contributed by atoms with Gasteiger partial charge in [0.1, 0.15) is 0 Å². The lowest BCUT2D eigenvalue weighted by atomic mass is 9.79. The molecule has 1 aromatic carbocycles. The second kappa shape index (κ2) is 9.35. The Labute approximate surface area is 194 Å². The minimum atomic E-state index is 0.139. The first-order valence-corrected chi connectivity index (χ1v) is 12.3. The molecule has 2 aliphatic rings. The van der Waals surface area contributed by atoms with Gasteiger partial charge in [0.25, 0.3) is 0 Å². The maximum atomic E-state index is 12.8. The number of amides is 1. The average molecular weight is 434 g/mol. The van der Waals surface area contributed by atoms with Gasteiger partial charge < -0.3 is 4.90 Å². The van der Waals surface area contributed by atoms with E-state index in [1.807, 2.05) is 0 Å². The van der Waals surface area contributed by atoms with Crippen LogP contribution in [0.15, 0.2) is 30.3 Å². The van der Waals surface area contributed by atoms with Crippen LogP contribution in [0.5, 0.6) is 0 Å². The molecular weight excluding hydrogens is 394 g/mol. The fraction of sp³-hybridized carbons (Fsp3) is 0.571. The van der Waals surface area contributed by atoms with Crippen LogP contribution < -0.4 is 0 Å². The molecule has 2 aliphatic heterocycles. The minimum absolute atomic E-state index is 0.139. The summed E-state index contributed by atoms with van der Waals surface area (Å²) in [5.74, 6) is 1.09. The molecule has 0 N–H and O–H groups in total. The van der Waals surface area contributed by atoms with Gasteiger partial charge in [-0.1, -0.05) is 32.9 Å². The highest BCUT2D eigenvalue weighted by Gasteiger charge is 2.29. The standard InChI is InChI=1S/C28H39N3O/c1-20-8-13-31(14-9-20)27(32)10-12-30-15-11-28(4,5)26-7-6-23(18-25(26)19-30)24-16-21(2)29-22(3)17-24/h6-7,16-18,20H,8-15,19H2,1-5H3. The monoisotopic (exact) mass is 433 g/mol. The molecule has 172 valence electrons. The van der Waals surface area contributed by atoms with Crippen LogP contribution in [0.4, 0.5) is 0 Å².